The van der Waals surface area contributed by atoms with Gasteiger partial charge in [0.05, 0.1) is 0 Å². The van der Waals surface area contributed by atoms with Gasteiger partial charge in [-0.25, -0.2) is 0 Å². The Morgan fingerprint density at radius 2 is 1.79 bits per heavy atom. The summed E-state index contributed by atoms with van der Waals surface area (Å²) in [6.07, 6.45) is 3.54. The molecule has 0 radical (unpaired) electrons. The van der Waals surface area contributed by atoms with E-state index in [2.05, 4.69) is 17.6 Å². The van der Waals surface area contributed by atoms with Gasteiger partial charge in [0.25, 0.3) is 0 Å². The summed E-state index contributed by atoms with van der Waals surface area (Å²) < 4.78 is 0. The van der Waals surface area contributed by atoms with E-state index in [-0.39, 0.29) is 17.3 Å². The highest BCUT2D eigenvalue weighted by molar-refractivity contribution is 6.58. The average molecular weight is 382 g/mol. The summed E-state index contributed by atoms with van der Waals surface area (Å²) >= 11 is 0. The molecule has 0 heterocycles. The number of nitrogens with one attached hydrogen (secondary N) is 2. The van der Waals surface area contributed by atoms with Crippen molar-refractivity contribution in [3.63, 3.8) is 0 Å². The van der Waals surface area contributed by atoms with Crippen molar-refractivity contribution < 1.29 is 19.6 Å². The molecule has 6 nitrogen and oxygen atoms in total. The van der Waals surface area contributed by atoms with Crippen LogP contribution in [-0.2, 0) is 16.0 Å². The third kappa shape index (κ3) is 7.17. The van der Waals surface area contributed by atoms with Crippen LogP contribution < -0.4 is 16.1 Å². The third-order valence-corrected chi connectivity index (χ3v) is 4.39. The van der Waals surface area contributed by atoms with Crippen LogP contribution in [0.4, 0.5) is 5.69 Å². The Kier molecular flexibility index (Phi) is 8.71. The fraction of sp³-hybridized carbons (Fsp3) is 0.333. The molecule has 0 saturated heterocycles. The average Bonchev–Trinajstić information content (AvgIpc) is 2.68. The van der Waals surface area contributed by atoms with E-state index >= 15 is 0 Å². The minimum Gasteiger partial charge on any atom is -0.423 e. The minimum absolute atomic E-state index is 0.149. The SMILES string of the molecule is CCCCCC(=O)NC(Cc1ccccc1)C(=O)Nc1cccc(B(O)O)c1. The van der Waals surface area contributed by atoms with E-state index in [0.29, 0.717) is 18.5 Å². The zero-order valence-corrected chi connectivity index (χ0v) is 16.1. The molecule has 0 aliphatic heterocycles. The van der Waals surface area contributed by atoms with Crippen molar-refractivity contribution in [3.8, 4) is 0 Å². The Morgan fingerprint density at radius 1 is 1.04 bits per heavy atom. The number of unbranched alkanes of at least 4 members (excludes halogenated alkanes) is 2. The lowest BCUT2D eigenvalue weighted by atomic mass is 9.80. The lowest BCUT2D eigenvalue weighted by Crippen LogP contribution is -2.45. The molecule has 7 heteroatoms. The molecule has 1 atom stereocenters. The molecule has 2 aromatic rings. The Labute approximate surface area is 166 Å². The van der Waals surface area contributed by atoms with Crippen LogP contribution in [0.15, 0.2) is 54.6 Å². The van der Waals surface area contributed by atoms with Crippen LogP contribution in [0, 0.1) is 0 Å². The van der Waals surface area contributed by atoms with Gasteiger partial charge >= 0.3 is 7.12 Å². The van der Waals surface area contributed by atoms with Crippen LogP contribution in [-0.4, -0.2) is 35.0 Å². The van der Waals surface area contributed by atoms with Crippen molar-refractivity contribution in [2.75, 3.05) is 5.32 Å². The molecule has 0 aromatic heterocycles. The molecular weight excluding hydrogens is 355 g/mol. The van der Waals surface area contributed by atoms with Gasteiger partial charge in [0.2, 0.25) is 11.8 Å². The van der Waals surface area contributed by atoms with Gasteiger partial charge in [0.15, 0.2) is 0 Å². The highest BCUT2D eigenvalue weighted by Gasteiger charge is 2.22. The highest BCUT2D eigenvalue weighted by atomic mass is 16.4. The van der Waals surface area contributed by atoms with E-state index in [0.717, 1.165) is 24.8 Å². The van der Waals surface area contributed by atoms with Crippen LogP contribution in [0.3, 0.4) is 0 Å². The van der Waals surface area contributed by atoms with Gasteiger partial charge in [-0.2, -0.15) is 0 Å². The number of rotatable bonds is 10. The Balaban J connectivity index is 2.09. The van der Waals surface area contributed by atoms with Gasteiger partial charge in [-0.1, -0.05) is 62.2 Å². The minimum atomic E-state index is -1.62. The number of hydrogen-bond donors (Lipinski definition) is 4. The fourth-order valence-electron chi connectivity index (χ4n) is 2.87. The van der Waals surface area contributed by atoms with E-state index in [4.69, 9.17) is 0 Å². The van der Waals surface area contributed by atoms with Gasteiger partial charge in [-0.3, -0.25) is 9.59 Å². The predicted octanol–water partition coefficient (Wildman–Crippen LogP) is 1.61. The number of amides is 2. The second-order valence-electron chi connectivity index (χ2n) is 6.76. The number of anilines is 1. The quantitative estimate of drug-likeness (QED) is 0.371. The van der Waals surface area contributed by atoms with E-state index in [1.807, 2.05) is 30.3 Å². The molecule has 2 rings (SSSR count). The monoisotopic (exact) mass is 382 g/mol. The Bertz CT molecular complexity index is 768. The first-order valence-corrected chi connectivity index (χ1v) is 9.60. The third-order valence-electron chi connectivity index (χ3n) is 4.39. The van der Waals surface area contributed by atoms with Gasteiger partial charge < -0.3 is 20.7 Å². The van der Waals surface area contributed by atoms with Gasteiger partial charge in [-0.15, -0.1) is 0 Å². The lowest BCUT2D eigenvalue weighted by Gasteiger charge is -2.19. The second kappa shape index (κ2) is 11.3. The predicted molar refractivity (Wildman–Crippen MR) is 111 cm³/mol. The molecule has 0 fully saturated rings. The first-order chi connectivity index (χ1) is 13.5. The normalized spacial score (nSPS) is 11.5. The molecule has 0 aliphatic rings. The zero-order valence-electron chi connectivity index (χ0n) is 16.1. The summed E-state index contributed by atoms with van der Waals surface area (Å²) in [7, 11) is -1.62. The molecule has 0 bridgehead atoms. The lowest BCUT2D eigenvalue weighted by molar-refractivity contribution is -0.126. The molecule has 148 valence electrons. The van der Waals surface area contributed by atoms with Crippen LogP contribution in [0.1, 0.15) is 38.2 Å². The van der Waals surface area contributed by atoms with Crippen molar-refractivity contribution in [3.05, 3.63) is 60.2 Å². The Morgan fingerprint density at radius 3 is 2.46 bits per heavy atom. The molecule has 0 aliphatic carbocycles. The smallest absolute Gasteiger partial charge is 0.423 e. The molecule has 0 saturated carbocycles. The number of hydrogen-bond acceptors (Lipinski definition) is 4. The van der Waals surface area contributed by atoms with Gasteiger partial charge in [-0.05, 0) is 29.6 Å². The maximum atomic E-state index is 12.8. The first-order valence-electron chi connectivity index (χ1n) is 9.60. The number of carbonyl (C=O) groups is 2. The van der Waals surface area contributed by atoms with Crippen molar-refractivity contribution in [2.24, 2.45) is 0 Å². The maximum Gasteiger partial charge on any atom is 0.488 e. The van der Waals surface area contributed by atoms with Gasteiger partial charge in [0, 0.05) is 18.5 Å². The van der Waals surface area contributed by atoms with Crippen molar-refractivity contribution in [1.82, 2.24) is 5.32 Å². The molecule has 1 unspecified atom stereocenters. The number of carbonyl (C=O) groups excluding carboxylic acids is 2. The molecule has 0 spiro atoms. The molecule has 28 heavy (non-hydrogen) atoms. The van der Waals surface area contributed by atoms with Crippen molar-refractivity contribution in [2.45, 2.75) is 45.1 Å². The highest BCUT2D eigenvalue weighted by Crippen LogP contribution is 2.09. The molecular formula is C21H27BN2O4. The summed E-state index contributed by atoms with van der Waals surface area (Å²) in [4.78, 5) is 25.1. The summed E-state index contributed by atoms with van der Waals surface area (Å²) in [6.45, 7) is 2.07. The second-order valence-corrected chi connectivity index (χ2v) is 6.76. The van der Waals surface area contributed by atoms with Crippen LogP contribution in [0.25, 0.3) is 0 Å². The van der Waals surface area contributed by atoms with Crippen LogP contribution in [0.2, 0.25) is 0 Å². The molecule has 4 N–H and O–H groups in total. The summed E-state index contributed by atoms with van der Waals surface area (Å²) in [6, 6.07) is 15.1. The van der Waals surface area contributed by atoms with Crippen LogP contribution >= 0.6 is 0 Å². The zero-order chi connectivity index (χ0) is 20.4. The molecule has 2 aromatic carbocycles. The summed E-state index contributed by atoms with van der Waals surface area (Å²) in [5.74, 6) is -0.499. The van der Waals surface area contributed by atoms with Crippen molar-refractivity contribution >= 4 is 30.1 Å². The topological polar surface area (TPSA) is 98.7 Å². The summed E-state index contributed by atoms with van der Waals surface area (Å²) in [5.41, 5.74) is 1.66. The fourth-order valence-corrected chi connectivity index (χ4v) is 2.87. The Hall–Kier alpha value is -2.64. The van der Waals surface area contributed by atoms with Gasteiger partial charge in [0.1, 0.15) is 6.04 Å². The summed E-state index contributed by atoms with van der Waals surface area (Å²) in [5, 5.41) is 24.2. The van der Waals surface area contributed by atoms with Crippen LogP contribution in [0.5, 0.6) is 0 Å². The van der Waals surface area contributed by atoms with Crippen molar-refractivity contribution in [1.29, 1.82) is 0 Å². The molecule has 2 amide bonds. The van der Waals surface area contributed by atoms with E-state index in [1.54, 1.807) is 18.2 Å². The van der Waals surface area contributed by atoms with E-state index in [1.165, 1.54) is 6.07 Å². The standard InChI is InChI=1S/C21H27BN2O4/c1-2-3-5-13-20(25)24-19(14-16-9-6-4-7-10-16)21(26)23-18-12-8-11-17(15-18)22(27)28/h4,6-12,15,19,27-28H,2-3,5,13-14H2,1H3,(H,23,26)(H,24,25). The van der Waals surface area contributed by atoms with E-state index in [9.17, 15) is 19.6 Å². The first kappa shape index (κ1) is 21.7. The number of benzene rings is 2. The van der Waals surface area contributed by atoms with E-state index < -0.39 is 13.2 Å². The largest absolute Gasteiger partial charge is 0.488 e. The maximum absolute atomic E-state index is 12.8.